The van der Waals surface area contributed by atoms with E-state index in [4.69, 9.17) is 0 Å². The first-order chi connectivity index (χ1) is 10.1. The highest BCUT2D eigenvalue weighted by molar-refractivity contribution is 5.36. The van der Waals surface area contributed by atoms with Crippen molar-refractivity contribution in [2.45, 2.75) is 13.0 Å². The maximum absolute atomic E-state index is 13.8. The summed E-state index contributed by atoms with van der Waals surface area (Å²) >= 11 is 0. The summed E-state index contributed by atoms with van der Waals surface area (Å²) in [6, 6.07) is 10.2. The highest BCUT2D eigenvalue weighted by Gasteiger charge is 2.16. The molecule has 0 heterocycles. The summed E-state index contributed by atoms with van der Waals surface area (Å²) in [5, 5.41) is 13.6. The van der Waals surface area contributed by atoms with E-state index in [9.17, 15) is 18.9 Å². The van der Waals surface area contributed by atoms with Crippen LogP contribution >= 0.6 is 0 Å². The Morgan fingerprint density at radius 2 is 1.81 bits per heavy atom. The first kappa shape index (κ1) is 15.1. The van der Waals surface area contributed by atoms with E-state index in [0.717, 1.165) is 11.6 Å². The van der Waals surface area contributed by atoms with E-state index in [2.05, 4.69) is 5.32 Å². The molecule has 0 aliphatic heterocycles. The number of nitro groups is 1. The summed E-state index contributed by atoms with van der Waals surface area (Å²) < 4.78 is 26.5. The van der Waals surface area contributed by atoms with Gasteiger partial charge in [-0.05, 0) is 30.7 Å². The Bertz CT molecular complexity index is 630. The van der Waals surface area contributed by atoms with Crippen LogP contribution in [0.1, 0.15) is 11.1 Å². The number of rotatable bonds is 6. The van der Waals surface area contributed by atoms with Crippen molar-refractivity contribution in [3.05, 3.63) is 75.3 Å². The van der Waals surface area contributed by atoms with Crippen LogP contribution in [0.2, 0.25) is 0 Å². The fourth-order valence-electron chi connectivity index (χ4n) is 1.95. The van der Waals surface area contributed by atoms with Crippen molar-refractivity contribution in [1.29, 1.82) is 0 Å². The molecule has 0 saturated heterocycles. The molecule has 2 aromatic carbocycles. The van der Waals surface area contributed by atoms with Gasteiger partial charge < -0.3 is 5.32 Å². The molecule has 0 spiro atoms. The Hall–Kier alpha value is -2.34. The Morgan fingerprint density at radius 3 is 2.48 bits per heavy atom. The van der Waals surface area contributed by atoms with Crippen LogP contribution in [0.4, 0.5) is 14.5 Å². The first-order valence-electron chi connectivity index (χ1n) is 6.45. The third-order valence-electron chi connectivity index (χ3n) is 3.07. The molecule has 0 atom stereocenters. The number of benzene rings is 2. The van der Waals surface area contributed by atoms with Crippen molar-refractivity contribution in [2.24, 2.45) is 0 Å². The SMILES string of the molecule is O=[N+]([O-])c1cccc(CNCCc2ccc(F)cc2)c1F. The van der Waals surface area contributed by atoms with Crippen LogP contribution in [0.15, 0.2) is 42.5 Å². The highest BCUT2D eigenvalue weighted by Crippen LogP contribution is 2.19. The molecule has 21 heavy (non-hydrogen) atoms. The maximum Gasteiger partial charge on any atom is 0.305 e. The second-order valence-electron chi connectivity index (χ2n) is 4.56. The molecule has 0 saturated carbocycles. The van der Waals surface area contributed by atoms with E-state index < -0.39 is 16.4 Å². The Morgan fingerprint density at radius 1 is 1.10 bits per heavy atom. The van der Waals surface area contributed by atoms with Crippen molar-refractivity contribution in [3.8, 4) is 0 Å². The van der Waals surface area contributed by atoms with Gasteiger partial charge in [0.1, 0.15) is 5.82 Å². The number of nitrogens with zero attached hydrogens (tertiary/aromatic N) is 1. The predicted molar refractivity (Wildman–Crippen MR) is 74.9 cm³/mol. The topological polar surface area (TPSA) is 55.2 Å². The molecule has 0 aliphatic carbocycles. The van der Waals surface area contributed by atoms with Gasteiger partial charge in [-0.25, -0.2) is 4.39 Å². The maximum atomic E-state index is 13.8. The standard InChI is InChI=1S/C15H14F2N2O2/c16-13-6-4-11(5-7-13)8-9-18-10-12-2-1-3-14(15(12)17)19(20)21/h1-7,18H,8-10H2. The Balaban J connectivity index is 1.88. The molecular formula is C15H14F2N2O2. The fraction of sp³-hybridized carbons (Fsp3) is 0.200. The summed E-state index contributed by atoms with van der Waals surface area (Å²) in [6.45, 7) is 0.766. The lowest BCUT2D eigenvalue weighted by molar-refractivity contribution is -0.387. The molecule has 0 fully saturated rings. The van der Waals surface area contributed by atoms with Crippen LogP contribution < -0.4 is 5.32 Å². The molecule has 0 bridgehead atoms. The first-order valence-corrected chi connectivity index (χ1v) is 6.45. The van der Waals surface area contributed by atoms with Crippen LogP contribution in [0.3, 0.4) is 0 Å². The zero-order chi connectivity index (χ0) is 15.2. The van der Waals surface area contributed by atoms with E-state index in [1.807, 2.05) is 0 Å². The summed E-state index contributed by atoms with van der Waals surface area (Å²) in [5.74, 6) is -1.10. The van der Waals surface area contributed by atoms with Crippen molar-refractivity contribution in [2.75, 3.05) is 6.54 Å². The lowest BCUT2D eigenvalue weighted by atomic mass is 10.1. The van der Waals surface area contributed by atoms with Gasteiger partial charge in [0.05, 0.1) is 4.92 Å². The van der Waals surface area contributed by atoms with Gasteiger partial charge in [-0.1, -0.05) is 24.3 Å². The number of hydrogen-bond donors (Lipinski definition) is 1. The van der Waals surface area contributed by atoms with Crippen LogP contribution in [0.5, 0.6) is 0 Å². The Kier molecular flexibility index (Phi) is 4.94. The lowest BCUT2D eigenvalue weighted by Crippen LogP contribution is -2.17. The van der Waals surface area contributed by atoms with Crippen LogP contribution in [-0.2, 0) is 13.0 Å². The minimum atomic E-state index is -0.809. The molecule has 2 rings (SSSR count). The van der Waals surface area contributed by atoms with Gasteiger partial charge >= 0.3 is 5.69 Å². The van der Waals surface area contributed by atoms with Gasteiger partial charge in [0.25, 0.3) is 0 Å². The molecule has 0 aliphatic rings. The van der Waals surface area contributed by atoms with Gasteiger partial charge in [-0.3, -0.25) is 10.1 Å². The molecule has 110 valence electrons. The normalized spacial score (nSPS) is 10.6. The van der Waals surface area contributed by atoms with E-state index in [1.165, 1.54) is 24.3 Å². The zero-order valence-electron chi connectivity index (χ0n) is 11.2. The molecule has 4 nitrogen and oxygen atoms in total. The monoisotopic (exact) mass is 292 g/mol. The van der Waals surface area contributed by atoms with E-state index >= 15 is 0 Å². The average molecular weight is 292 g/mol. The van der Waals surface area contributed by atoms with Gasteiger partial charge in [0.2, 0.25) is 5.82 Å². The average Bonchev–Trinajstić information content (AvgIpc) is 2.46. The van der Waals surface area contributed by atoms with Crippen LogP contribution in [-0.4, -0.2) is 11.5 Å². The number of halogens is 2. The van der Waals surface area contributed by atoms with Gasteiger partial charge in [0, 0.05) is 18.2 Å². The largest absolute Gasteiger partial charge is 0.312 e. The van der Waals surface area contributed by atoms with Crippen LogP contribution in [0, 0.1) is 21.7 Å². The van der Waals surface area contributed by atoms with Crippen molar-refractivity contribution >= 4 is 5.69 Å². The van der Waals surface area contributed by atoms with E-state index in [1.54, 1.807) is 12.1 Å². The number of nitrogens with one attached hydrogen (secondary N) is 1. The summed E-state index contributed by atoms with van der Waals surface area (Å²) in [6.07, 6.45) is 0.664. The highest BCUT2D eigenvalue weighted by atomic mass is 19.1. The fourth-order valence-corrected chi connectivity index (χ4v) is 1.95. The minimum Gasteiger partial charge on any atom is -0.312 e. The second kappa shape index (κ2) is 6.90. The van der Waals surface area contributed by atoms with Crippen molar-refractivity contribution in [3.63, 3.8) is 0 Å². The molecule has 1 N–H and O–H groups in total. The molecule has 2 aromatic rings. The predicted octanol–water partition coefficient (Wildman–Crippen LogP) is 3.21. The third kappa shape index (κ3) is 4.06. The summed E-state index contributed by atoms with van der Waals surface area (Å²) in [5.41, 5.74) is 0.694. The van der Waals surface area contributed by atoms with Gasteiger partial charge in [-0.15, -0.1) is 0 Å². The molecular weight excluding hydrogens is 278 g/mol. The molecule has 0 amide bonds. The summed E-state index contributed by atoms with van der Waals surface area (Å²) in [7, 11) is 0. The molecule has 0 unspecified atom stereocenters. The van der Waals surface area contributed by atoms with Gasteiger partial charge in [0.15, 0.2) is 0 Å². The number of hydrogen-bond acceptors (Lipinski definition) is 3. The quantitative estimate of drug-likeness (QED) is 0.505. The van der Waals surface area contributed by atoms with Gasteiger partial charge in [-0.2, -0.15) is 4.39 Å². The Labute approximate surface area is 120 Å². The van der Waals surface area contributed by atoms with Crippen LogP contribution in [0.25, 0.3) is 0 Å². The molecule has 6 heteroatoms. The van der Waals surface area contributed by atoms with Crippen molar-refractivity contribution < 1.29 is 13.7 Å². The lowest BCUT2D eigenvalue weighted by Gasteiger charge is -2.06. The molecule has 0 aromatic heterocycles. The molecule has 0 radical (unpaired) electrons. The smallest absolute Gasteiger partial charge is 0.305 e. The van der Waals surface area contributed by atoms with Crippen molar-refractivity contribution in [1.82, 2.24) is 5.32 Å². The third-order valence-corrected chi connectivity index (χ3v) is 3.07. The summed E-state index contributed by atoms with van der Waals surface area (Å²) in [4.78, 5) is 9.89. The second-order valence-corrected chi connectivity index (χ2v) is 4.56. The zero-order valence-corrected chi connectivity index (χ0v) is 11.2. The van der Waals surface area contributed by atoms with E-state index in [-0.39, 0.29) is 17.9 Å². The number of nitro benzene ring substituents is 1. The minimum absolute atomic E-state index is 0.203. The van der Waals surface area contributed by atoms with E-state index in [0.29, 0.717) is 13.0 Å².